The molecular formula is C15H17ClN2O3. The number of halogens is 1. The molecule has 0 aliphatic rings. The SMILES string of the molecule is O=C(/C=C/C=C/c1ccc(Cl)cc1)NCCCC(=O)NO. The molecule has 1 aromatic carbocycles. The lowest BCUT2D eigenvalue weighted by Gasteiger charge is -2.00. The lowest BCUT2D eigenvalue weighted by molar-refractivity contribution is -0.129. The minimum Gasteiger partial charge on any atom is -0.353 e. The smallest absolute Gasteiger partial charge is 0.243 e. The Bertz CT molecular complexity index is 524. The first kappa shape index (κ1) is 16.9. The van der Waals surface area contributed by atoms with Crippen molar-refractivity contribution in [2.24, 2.45) is 0 Å². The standard InChI is InChI=1S/C15H17ClN2O3/c16-13-9-7-12(8-10-13)4-1-2-5-14(19)17-11-3-6-15(20)18-21/h1-2,4-5,7-10,21H,3,6,11H2,(H,17,19)(H,18,20)/b4-1+,5-2+. The Balaban J connectivity index is 2.24. The molecule has 0 heterocycles. The Labute approximate surface area is 128 Å². The molecule has 1 aromatic rings. The number of hydrogen-bond acceptors (Lipinski definition) is 3. The predicted molar refractivity (Wildman–Crippen MR) is 81.8 cm³/mol. The van der Waals surface area contributed by atoms with Crippen molar-refractivity contribution in [1.82, 2.24) is 10.8 Å². The summed E-state index contributed by atoms with van der Waals surface area (Å²) in [6, 6.07) is 7.33. The normalized spacial score (nSPS) is 11.0. The first-order chi connectivity index (χ1) is 10.1. The highest BCUT2D eigenvalue weighted by molar-refractivity contribution is 6.30. The summed E-state index contributed by atoms with van der Waals surface area (Å²) in [7, 11) is 0. The Kier molecular flexibility index (Phi) is 7.86. The summed E-state index contributed by atoms with van der Waals surface area (Å²) in [5.41, 5.74) is 2.52. The Morgan fingerprint density at radius 2 is 1.90 bits per heavy atom. The van der Waals surface area contributed by atoms with Crippen LogP contribution in [-0.4, -0.2) is 23.6 Å². The number of benzene rings is 1. The van der Waals surface area contributed by atoms with E-state index in [1.165, 1.54) is 11.6 Å². The highest BCUT2D eigenvalue weighted by Crippen LogP contribution is 2.10. The van der Waals surface area contributed by atoms with Crippen LogP contribution in [0.1, 0.15) is 18.4 Å². The molecule has 3 N–H and O–H groups in total. The summed E-state index contributed by atoms with van der Waals surface area (Å²) in [6.45, 7) is 0.373. The van der Waals surface area contributed by atoms with E-state index in [1.807, 2.05) is 18.2 Å². The molecule has 0 bridgehead atoms. The van der Waals surface area contributed by atoms with Crippen LogP contribution in [0.25, 0.3) is 6.08 Å². The number of allylic oxidation sites excluding steroid dienone is 2. The van der Waals surface area contributed by atoms with Crippen molar-refractivity contribution in [1.29, 1.82) is 0 Å². The largest absolute Gasteiger partial charge is 0.353 e. The molecule has 0 aliphatic carbocycles. The third kappa shape index (κ3) is 7.91. The molecule has 0 aliphatic heterocycles. The van der Waals surface area contributed by atoms with E-state index >= 15 is 0 Å². The summed E-state index contributed by atoms with van der Waals surface area (Å²) in [5.74, 6) is -0.703. The average Bonchev–Trinajstić information content (AvgIpc) is 2.49. The van der Waals surface area contributed by atoms with Gasteiger partial charge in [0, 0.05) is 24.1 Å². The molecule has 0 fully saturated rings. The second-order valence-corrected chi connectivity index (χ2v) is 4.64. The molecule has 0 saturated heterocycles. The first-order valence-corrected chi connectivity index (χ1v) is 6.80. The van der Waals surface area contributed by atoms with Gasteiger partial charge in [0.05, 0.1) is 0 Å². The number of hydrogen-bond donors (Lipinski definition) is 3. The third-order valence-electron chi connectivity index (χ3n) is 2.52. The quantitative estimate of drug-likeness (QED) is 0.238. The molecular weight excluding hydrogens is 292 g/mol. The minimum absolute atomic E-state index is 0.164. The summed E-state index contributed by atoms with van der Waals surface area (Å²) in [4.78, 5) is 22.1. The van der Waals surface area contributed by atoms with Gasteiger partial charge in [0.25, 0.3) is 0 Å². The molecule has 0 spiro atoms. The zero-order chi connectivity index (χ0) is 15.5. The molecule has 0 atom stereocenters. The molecule has 21 heavy (non-hydrogen) atoms. The van der Waals surface area contributed by atoms with Crippen molar-refractivity contribution < 1.29 is 14.8 Å². The van der Waals surface area contributed by atoms with E-state index in [2.05, 4.69) is 5.32 Å². The molecule has 1 rings (SSSR count). The van der Waals surface area contributed by atoms with Gasteiger partial charge in [0.2, 0.25) is 11.8 Å². The minimum atomic E-state index is -0.467. The van der Waals surface area contributed by atoms with E-state index < -0.39 is 5.91 Å². The molecule has 6 heteroatoms. The van der Waals surface area contributed by atoms with Crippen molar-refractivity contribution in [3.63, 3.8) is 0 Å². The predicted octanol–water partition coefficient (Wildman–Crippen LogP) is 2.31. The van der Waals surface area contributed by atoms with E-state index in [-0.39, 0.29) is 12.3 Å². The Hall–Kier alpha value is -2.11. The number of carbonyl (C=O) groups excluding carboxylic acids is 2. The number of carbonyl (C=O) groups is 2. The zero-order valence-corrected chi connectivity index (χ0v) is 12.1. The fourth-order valence-electron chi connectivity index (χ4n) is 1.46. The van der Waals surface area contributed by atoms with Gasteiger partial charge >= 0.3 is 0 Å². The molecule has 0 unspecified atom stereocenters. The second-order valence-electron chi connectivity index (χ2n) is 4.20. The van der Waals surface area contributed by atoms with E-state index in [0.717, 1.165) is 5.56 Å². The van der Waals surface area contributed by atoms with Gasteiger partial charge in [-0.15, -0.1) is 0 Å². The lowest BCUT2D eigenvalue weighted by atomic mass is 10.2. The van der Waals surface area contributed by atoms with Crippen LogP contribution in [0.15, 0.2) is 42.5 Å². The van der Waals surface area contributed by atoms with Crippen LogP contribution in [0.5, 0.6) is 0 Å². The number of nitrogens with one attached hydrogen (secondary N) is 2. The van der Waals surface area contributed by atoms with Gasteiger partial charge in [-0.25, -0.2) is 5.48 Å². The van der Waals surface area contributed by atoms with Crippen LogP contribution in [0.4, 0.5) is 0 Å². The second kappa shape index (κ2) is 9.74. The van der Waals surface area contributed by atoms with Crippen molar-refractivity contribution in [3.05, 3.63) is 53.1 Å². The first-order valence-electron chi connectivity index (χ1n) is 6.43. The van der Waals surface area contributed by atoms with Gasteiger partial charge in [-0.1, -0.05) is 42.0 Å². The van der Waals surface area contributed by atoms with Crippen LogP contribution in [-0.2, 0) is 9.59 Å². The summed E-state index contributed by atoms with van der Waals surface area (Å²) in [5, 5.41) is 11.6. The fraction of sp³-hybridized carbons (Fsp3) is 0.200. The monoisotopic (exact) mass is 308 g/mol. The van der Waals surface area contributed by atoms with E-state index in [9.17, 15) is 9.59 Å². The van der Waals surface area contributed by atoms with E-state index in [4.69, 9.17) is 16.8 Å². The maximum absolute atomic E-state index is 11.4. The summed E-state index contributed by atoms with van der Waals surface area (Å²) in [6.07, 6.45) is 7.26. The van der Waals surface area contributed by atoms with E-state index in [0.29, 0.717) is 18.0 Å². The van der Waals surface area contributed by atoms with E-state index in [1.54, 1.807) is 24.3 Å². The number of rotatable bonds is 7. The van der Waals surface area contributed by atoms with Crippen molar-refractivity contribution in [2.75, 3.05) is 6.54 Å². The van der Waals surface area contributed by atoms with Crippen LogP contribution >= 0.6 is 11.6 Å². The van der Waals surface area contributed by atoms with Crippen LogP contribution < -0.4 is 10.8 Å². The van der Waals surface area contributed by atoms with Crippen molar-refractivity contribution in [2.45, 2.75) is 12.8 Å². The molecule has 0 radical (unpaired) electrons. The summed E-state index contributed by atoms with van der Waals surface area (Å²) >= 11 is 5.77. The van der Waals surface area contributed by atoms with Crippen LogP contribution in [0.2, 0.25) is 5.02 Å². The topological polar surface area (TPSA) is 78.4 Å². The molecule has 112 valence electrons. The van der Waals surface area contributed by atoms with Gasteiger partial charge in [0.1, 0.15) is 0 Å². The van der Waals surface area contributed by atoms with Crippen LogP contribution in [0.3, 0.4) is 0 Å². The molecule has 2 amide bonds. The molecule has 5 nitrogen and oxygen atoms in total. The Morgan fingerprint density at radius 3 is 2.57 bits per heavy atom. The highest BCUT2D eigenvalue weighted by atomic mass is 35.5. The molecule has 0 aromatic heterocycles. The van der Waals surface area contributed by atoms with Gasteiger partial charge in [-0.2, -0.15) is 0 Å². The maximum Gasteiger partial charge on any atom is 0.243 e. The summed E-state index contributed by atoms with van der Waals surface area (Å²) < 4.78 is 0. The lowest BCUT2D eigenvalue weighted by Crippen LogP contribution is -2.24. The highest BCUT2D eigenvalue weighted by Gasteiger charge is 1.99. The Morgan fingerprint density at radius 1 is 1.19 bits per heavy atom. The molecule has 0 saturated carbocycles. The number of amides is 2. The average molecular weight is 309 g/mol. The fourth-order valence-corrected chi connectivity index (χ4v) is 1.58. The third-order valence-corrected chi connectivity index (χ3v) is 2.77. The van der Waals surface area contributed by atoms with Crippen LogP contribution in [0, 0.1) is 0 Å². The van der Waals surface area contributed by atoms with Crippen molar-refractivity contribution >= 4 is 29.5 Å². The van der Waals surface area contributed by atoms with Gasteiger partial charge in [-0.05, 0) is 24.1 Å². The zero-order valence-electron chi connectivity index (χ0n) is 11.4. The maximum atomic E-state index is 11.4. The number of hydroxylamine groups is 1. The van der Waals surface area contributed by atoms with Gasteiger partial charge in [0.15, 0.2) is 0 Å². The van der Waals surface area contributed by atoms with Gasteiger partial charge in [-0.3, -0.25) is 14.8 Å². The van der Waals surface area contributed by atoms with Crippen molar-refractivity contribution in [3.8, 4) is 0 Å². The van der Waals surface area contributed by atoms with Gasteiger partial charge < -0.3 is 5.32 Å².